The molecule has 1 fully saturated rings. The van der Waals surface area contributed by atoms with Crippen LogP contribution in [0.1, 0.15) is 36.5 Å². The topological polar surface area (TPSA) is 29.5 Å². The van der Waals surface area contributed by atoms with Crippen molar-refractivity contribution in [1.82, 2.24) is 0 Å². The van der Waals surface area contributed by atoms with E-state index in [1.807, 2.05) is 12.1 Å². The molecule has 1 N–H and O–H groups in total. The average molecular weight is 256 g/mol. The van der Waals surface area contributed by atoms with Gasteiger partial charge in [0.15, 0.2) is 0 Å². The normalized spacial score (nSPS) is 20.8. The van der Waals surface area contributed by atoms with Crippen molar-refractivity contribution in [2.45, 2.75) is 38.4 Å². The van der Waals surface area contributed by atoms with Crippen LogP contribution >= 0.6 is 0 Å². The summed E-state index contributed by atoms with van der Waals surface area (Å²) in [5.74, 6) is 0. The minimum atomic E-state index is -0.436. The first-order valence-corrected chi connectivity index (χ1v) is 7.03. The van der Waals surface area contributed by atoms with Crippen LogP contribution in [0.4, 0.5) is 0 Å². The summed E-state index contributed by atoms with van der Waals surface area (Å²) in [4.78, 5) is 0. The van der Waals surface area contributed by atoms with E-state index in [2.05, 4.69) is 31.2 Å². The van der Waals surface area contributed by atoms with Gasteiger partial charge in [-0.15, -0.1) is 0 Å². The third kappa shape index (κ3) is 2.51. The van der Waals surface area contributed by atoms with Crippen LogP contribution in [0, 0.1) is 6.92 Å². The Hall–Kier alpha value is -1.38. The van der Waals surface area contributed by atoms with Crippen molar-refractivity contribution in [1.29, 1.82) is 0 Å². The first-order valence-electron chi connectivity index (χ1n) is 7.03. The first kappa shape index (κ1) is 12.6. The number of aliphatic hydroxyl groups is 1. The van der Waals surface area contributed by atoms with Gasteiger partial charge in [0.2, 0.25) is 0 Å². The molecule has 2 unspecified atom stereocenters. The molecule has 3 rings (SSSR count). The number of ether oxygens (including phenoxy) is 1. The Balaban J connectivity index is 1.93. The van der Waals surface area contributed by atoms with Crippen LogP contribution in [0.25, 0.3) is 10.8 Å². The van der Waals surface area contributed by atoms with Crippen molar-refractivity contribution >= 4 is 10.8 Å². The van der Waals surface area contributed by atoms with E-state index in [1.54, 1.807) is 0 Å². The number of hydrogen-bond acceptors (Lipinski definition) is 2. The predicted molar refractivity (Wildman–Crippen MR) is 77.2 cm³/mol. The highest BCUT2D eigenvalue weighted by Gasteiger charge is 2.21. The van der Waals surface area contributed by atoms with E-state index in [-0.39, 0.29) is 6.10 Å². The molecule has 0 amide bonds. The van der Waals surface area contributed by atoms with Crippen LogP contribution in [0.15, 0.2) is 36.4 Å². The minimum absolute atomic E-state index is 0.218. The summed E-state index contributed by atoms with van der Waals surface area (Å²) in [6.45, 7) is 2.95. The number of hydrogen-bond donors (Lipinski definition) is 1. The minimum Gasteiger partial charge on any atom is -0.388 e. The molecule has 2 nitrogen and oxygen atoms in total. The second-order valence-electron chi connectivity index (χ2n) is 5.40. The summed E-state index contributed by atoms with van der Waals surface area (Å²) >= 11 is 0. The van der Waals surface area contributed by atoms with Crippen molar-refractivity contribution in [3.63, 3.8) is 0 Å². The highest BCUT2D eigenvalue weighted by atomic mass is 16.5. The molecule has 0 spiro atoms. The zero-order valence-electron chi connectivity index (χ0n) is 11.3. The molecule has 0 aliphatic carbocycles. The molecule has 0 bridgehead atoms. The molecular weight excluding hydrogens is 236 g/mol. The number of fused-ring (bicyclic) bond motifs is 1. The number of aryl methyl sites for hydroxylation is 1. The molecule has 0 saturated carbocycles. The Kier molecular flexibility index (Phi) is 3.54. The van der Waals surface area contributed by atoms with Crippen LogP contribution in [-0.2, 0) is 4.74 Å². The highest BCUT2D eigenvalue weighted by molar-refractivity contribution is 5.88. The third-order valence-corrected chi connectivity index (χ3v) is 4.04. The third-order valence-electron chi connectivity index (χ3n) is 4.04. The predicted octanol–water partition coefficient (Wildman–Crippen LogP) is 3.75. The average Bonchev–Trinajstić information content (AvgIpc) is 2.92. The Bertz CT molecular complexity index is 570. The monoisotopic (exact) mass is 256 g/mol. The molecule has 1 aliphatic heterocycles. The van der Waals surface area contributed by atoms with Gasteiger partial charge < -0.3 is 9.84 Å². The summed E-state index contributed by atoms with van der Waals surface area (Å²) in [5.41, 5.74) is 2.28. The second-order valence-corrected chi connectivity index (χ2v) is 5.40. The van der Waals surface area contributed by atoms with Gasteiger partial charge in [-0.1, -0.05) is 36.4 Å². The zero-order chi connectivity index (χ0) is 13.2. The quantitative estimate of drug-likeness (QED) is 0.906. The van der Waals surface area contributed by atoms with Gasteiger partial charge in [0.1, 0.15) is 0 Å². The molecule has 1 heterocycles. The van der Waals surface area contributed by atoms with Crippen LogP contribution in [0.2, 0.25) is 0 Å². The van der Waals surface area contributed by atoms with E-state index < -0.39 is 6.10 Å². The summed E-state index contributed by atoms with van der Waals surface area (Å²) in [5, 5.41) is 12.9. The van der Waals surface area contributed by atoms with Gasteiger partial charge in [-0.2, -0.15) is 0 Å². The van der Waals surface area contributed by atoms with Gasteiger partial charge in [-0.3, -0.25) is 0 Å². The molecule has 19 heavy (non-hydrogen) atoms. The number of rotatable bonds is 3. The Labute approximate surface area is 114 Å². The number of aliphatic hydroxyl groups excluding tert-OH is 1. The van der Waals surface area contributed by atoms with E-state index in [0.29, 0.717) is 6.42 Å². The molecule has 0 aromatic heterocycles. The van der Waals surface area contributed by atoms with E-state index in [4.69, 9.17) is 4.74 Å². The molecule has 100 valence electrons. The van der Waals surface area contributed by atoms with Crippen molar-refractivity contribution in [3.05, 3.63) is 47.5 Å². The summed E-state index contributed by atoms with van der Waals surface area (Å²) in [7, 11) is 0. The SMILES string of the molecule is Cc1ccc(C(O)CC2CCCO2)c2ccccc12. The lowest BCUT2D eigenvalue weighted by molar-refractivity contribution is 0.0540. The maximum absolute atomic E-state index is 10.5. The summed E-state index contributed by atoms with van der Waals surface area (Å²) < 4.78 is 5.62. The van der Waals surface area contributed by atoms with E-state index in [0.717, 1.165) is 30.4 Å². The summed E-state index contributed by atoms with van der Waals surface area (Å²) in [6, 6.07) is 12.4. The van der Waals surface area contributed by atoms with Crippen LogP contribution in [0.5, 0.6) is 0 Å². The lowest BCUT2D eigenvalue weighted by Crippen LogP contribution is -2.11. The van der Waals surface area contributed by atoms with E-state index >= 15 is 0 Å². The maximum Gasteiger partial charge on any atom is 0.0820 e. The molecule has 1 aliphatic rings. The highest BCUT2D eigenvalue weighted by Crippen LogP contribution is 2.31. The molecule has 2 heteroatoms. The lowest BCUT2D eigenvalue weighted by Gasteiger charge is -2.18. The molecule has 2 aromatic carbocycles. The van der Waals surface area contributed by atoms with Crippen molar-refractivity contribution in [2.75, 3.05) is 6.61 Å². The number of benzene rings is 2. The Morgan fingerprint density at radius 2 is 2.00 bits per heavy atom. The second kappa shape index (κ2) is 5.32. The Morgan fingerprint density at radius 3 is 2.74 bits per heavy atom. The molecule has 2 aromatic rings. The van der Waals surface area contributed by atoms with Crippen LogP contribution in [-0.4, -0.2) is 17.8 Å². The zero-order valence-corrected chi connectivity index (χ0v) is 11.3. The van der Waals surface area contributed by atoms with Gasteiger partial charge in [-0.25, -0.2) is 0 Å². The van der Waals surface area contributed by atoms with Gasteiger partial charge in [0.25, 0.3) is 0 Å². The fourth-order valence-electron chi connectivity index (χ4n) is 2.97. The van der Waals surface area contributed by atoms with E-state index in [1.165, 1.54) is 10.9 Å². The molecule has 0 radical (unpaired) electrons. The van der Waals surface area contributed by atoms with Crippen molar-refractivity contribution in [2.24, 2.45) is 0 Å². The van der Waals surface area contributed by atoms with Gasteiger partial charge >= 0.3 is 0 Å². The van der Waals surface area contributed by atoms with E-state index in [9.17, 15) is 5.11 Å². The first-order chi connectivity index (χ1) is 9.25. The molecule has 1 saturated heterocycles. The molecular formula is C17H20O2. The maximum atomic E-state index is 10.5. The Morgan fingerprint density at radius 1 is 1.21 bits per heavy atom. The van der Waals surface area contributed by atoms with Crippen molar-refractivity contribution in [3.8, 4) is 0 Å². The molecule has 2 atom stereocenters. The smallest absolute Gasteiger partial charge is 0.0820 e. The lowest BCUT2D eigenvalue weighted by atomic mass is 9.94. The van der Waals surface area contributed by atoms with Crippen LogP contribution in [0.3, 0.4) is 0 Å². The van der Waals surface area contributed by atoms with Crippen molar-refractivity contribution < 1.29 is 9.84 Å². The fourth-order valence-corrected chi connectivity index (χ4v) is 2.97. The summed E-state index contributed by atoms with van der Waals surface area (Å²) in [6.07, 6.45) is 2.67. The van der Waals surface area contributed by atoms with Gasteiger partial charge in [0, 0.05) is 13.0 Å². The largest absolute Gasteiger partial charge is 0.388 e. The van der Waals surface area contributed by atoms with Gasteiger partial charge in [0.05, 0.1) is 12.2 Å². The standard InChI is InChI=1S/C17H20O2/c1-12-8-9-16(15-7-3-2-6-14(12)15)17(18)11-13-5-4-10-19-13/h2-3,6-9,13,17-18H,4-5,10-11H2,1H3. The fraction of sp³-hybridized carbons (Fsp3) is 0.412. The van der Waals surface area contributed by atoms with Crippen LogP contribution < -0.4 is 0 Å². The van der Waals surface area contributed by atoms with Gasteiger partial charge in [-0.05, 0) is 41.7 Å².